The van der Waals surface area contributed by atoms with Gasteiger partial charge in [0.2, 0.25) is 5.91 Å². The van der Waals surface area contributed by atoms with Crippen LogP contribution in [0.2, 0.25) is 0 Å². The number of para-hydroxylation sites is 1. The molecular weight excluding hydrogens is 382 g/mol. The first kappa shape index (κ1) is 18.9. The summed E-state index contributed by atoms with van der Waals surface area (Å²) in [5, 5.41) is 2.95. The highest BCUT2D eigenvalue weighted by atomic mass is 16.5. The maximum absolute atomic E-state index is 12.8. The van der Waals surface area contributed by atoms with Gasteiger partial charge < -0.3 is 24.6 Å². The average molecular weight is 407 g/mol. The van der Waals surface area contributed by atoms with Gasteiger partial charge in [-0.05, 0) is 36.2 Å². The lowest BCUT2D eigenvalue weighted by molar-refractivity contribution is -0.139. The monoisotopic (exact) mass is 407 g/mol. The smallest absolute Gasteiger partial charge is 0.320 e. The highest BCUT2D eigenvalue weighted by Crippen LogP contribution is 2.31. The number of nitrogens with zero attached hydrogens (tertiary/aromatic N) is 2. The molecule has 0 bridgehead atoms. The Balaban J connectivity index is 1.13. The van der Waals surface area contributed by atoms with Gasteiger partial charge in [0.05, 0.1) is 12.1 Å². The summed E-state index contributed by atoms with van der Waals surface area (Å²) in [5.74, 6) is 1.86. The van der Waals surface area contributed by atoms with E-state index in [2.05, 4.69) is 17.4 Å². The maximum Gasteiger partial charge on any atom is 0.320 e. The molecule has 7 heteroatoms. The molecule has 2 aromatic carbocycles. The number of amides is 3. The van der Waals surface area contributed by atoms with Crippen LogP contribution in [0.4, 0.5) is 4.79 Å². The summed E-state index contributed by atoms with van der Waals surface area (Å²) in [6, 6.07) is 17.8. The van der Waals surface area contributed by atoms with E-state index in [-0.39, 0.29) is 30.7 Å². The lowest BCUT2D eigenvalue weighted by atomic mass is 9.91. The Bertz CT molecular complexity index is 912. The molecule has 0 radical (unpaired) electrons. The molecule has 3 aliphatic rings. The fourth-order valence-electron chi connectivity index (χ4n) is 4.35. The summed E-state index contributed by atoms with van der Waals surface area (Å²) >= 11 is 0. The van der Waals surface area contributed by atoms with Gasteiger partial charge in [-0.15, -0.1) is 0 Å². The molecule has 3 saturated heterocycles. The number of hydrogen-bond acceptors (Lipinski definition) is 4. The van der Waals surface area contributed by atoms with E-state index >= 15 is 0 Å². The predicted octanol–water partition coefficient (Wildman–Crippen LogP) is 2.59. The fourth-order valence-corrected chi connectivity index (χ4v) is 4.35. The Morgan fingerprint density at radius 1 is 0.967 bits per heavy atom. The van der Waals surface area contributed by atoms with E-state index in [0.29, 0.717) is 32.1 Å². The molecule has 156 valence electrons. The fraction of sp³-hybridized carbons (Fsp3) is 0.391. The summed E-state index contributed by atoms with van der Waals surface area (Å²) in [6.07, 6.45) is 0.782. The second-order valence-corrected chi connectivity index (χ2v) is 8.13. The summed E-state index contributed by atoms with van der Waals surface area (Å²) in [6.45, 7) is 2.74. The zero-order chi connectivity index (χ0) is 20.5. The Labute approximate surface area is 175 Å². The van der Waals surface area contributed by atoms with Crippen LogP contribution in [0, 0.1) is 0 Å². The Morgan fingerprint density at radius 2 is 1.70 bits per heavy atom. The van der Waals surface area contributed by atoms with Crippen LogP contribution in [0.25, 0.3) is 0 Å². The van der Waals surface area contributed by atoms with Crippen molar-refractivity contribution in [3.05, 3.63) is 60.2 Å². The average Bonchev–Trinajstić information content (AvgIpc) is 2.74. The number of piperidine rings is 1. The molecule has 2 atom stereocenters. The number of nitrogens with one attached hydrogen (secondary N) is 1. The molecule has 0 saturated carbocycles. The van der Waals surface area contributed by atoms with Crippen molar-refractivity contribution in [3.63, 3.8) is 0 Å². The van der Waals surface area contributed by atoms with Crippen LogP contribution in [-0.2, 0) is 9.53 Å². The Hall–Kier alpha value is -3.06. The molecule has 3 amide bonds. The largest absolute Gasteiger partial charge is 0.457 e. The minimum atomic E-state index is -0.103. The molecule has 0 aromatic heterocycles. The maximum atomic E-state index is 12.8. The van der Waals surface area contributed by atoms with Gasteiger partial charge in [0.1, 0.15) is 18.1 Å². The second kappa shape index (κ2) is 7.99. The highest BCUT2D eigenvalue weighted by molar-refractivity contribution is 5.79. The summed E-state index contributed by atoms with van der Waals surface area (Å²) in [5.41, 5.74) is 1.21. The van der Waals surface area contributed by atoms with Crippen LogP contribution in [-0.4, -0.2) is 66.7 Å². The molecule has 2 aromatic rings. The van der Waals surface area contributed by atoms with Crippen LogP contribution in [0.5, 0.6) is 11.5 Å². The number of likely N-dealkylation sites (tertiary alicyclic amines) is 2. The summed E-state index contributed by atoms with van der Waals surface area (Å²) in [7, 11) is 0. The van der Waals surface area contributed by atoms with E-state index < -0.39 is 0 Å². The Morgan fingerprint density at radius 3 is 2.47 bits per heavy atom. The van der Waals surface area contributed by atoms with Crippen molar-refractivity contribution in [1.82, 2.24) is 15.1 Å². The number of benzene rings is 2. The number of hydrogen-bond donors (Lipinski definition) is 1. The van der Waals surface area contributed by atoms with Gasteiger partial charge in [-0.1, -0.05) is 30.3 Å². The topological polar surface area (TPSA) is 71.1 Å². The lowest BCUT2D eigenvalue weighted by Gasteiger charge is -2.46. The van der Waals surface area contributed by atoms with Crippen molar-refractivity contribution < 1.29 is 19.1 Å². The third-order valence-electron chi connectivity index (χ3n) is 6.08. The van der Waals surface area contributed by atoms with Gasteiger partial charge in [-0.3, -0.25) is 4.79 Å². The quantitative estimate of drug-likeness (QED) is 0.849. The molecule has 0 spiro atoms. The van der Waals surface area contributed by atoms with E-state index in [0.717, 1.165) is 17.9 Å². The van der Waals surface area contributed by atoms with E-state index in [1.165, 1.54) is 5.56 Å². The summed E-state index contributed by atoms with van der Waals surface area (Å²) in [4.78, 5) is 28.1. The zero-order valence-corrected chi connectivity index (χ0v) is 16.7. The predicted molar refractivity (Wildman–Crippen MR) is 111 cm³/mol. The SMILES string of the molecule is O=C1CO[C@H]2CCN(C(=O)N3CC(c4ccc(Oc5ccccc5)cc4)C3)C[C@@H]2N1. The van der Waals surface area contributed by atoms with Crippen LogP contribution in [0.3, 0.4) is 0 Å². The number of carbonyl (C=O) groups excluding carboxylic acids is 2. The molecule has 0 aliphatic carbocycles. The minimum absolute atomic E-state index is 0.0208. The van der Waals surface area contributed by atoms with Crippen molar-refractivity contribution in [2.45, 2.75) is 24.5 Å². The minimum Gasteiger partial charge on any atom is -0.457 e. The van der Waals surface area contributed by atoms with Gasteiger partial charge in [-0.25, -0.2) is 4.79 Å². The molecule has 3 fully saturated rings. The molecule has 30 heavy (non-hydrogen) atoms. The molecule has 1 N–H and O–H groups in total. The number of rotatable bonds is 3. The van der Waals surface area contributed by atoms with Crippen molar-refractivity contribution in [1.29, 1.82) is 0 Å². The van der Waals surface area contributed by atoms with Crippen LogP contribution < -0.4 is 10.1 Å². The second-order valence-electron chi connectivity index (χ2n) is 8.13. The molecule has 0 unspecified atom stereocenters. The first-order chi connectivity index (χ1) is 14.7. The van der Waals surface area contributed by atoms with Crippen LogP contribution >= 0.6 is 0 Å². The van der Waals surface area contributed by atoms with Crippen LogP contribution in [0.15, 0.2) is 54.6 Å². The zero-order valence-electron chi connectivity index (χ0n) is 16.7. The number of morpholine rings is 1. The number of ether oxygens (including phenoxy) is 2. The van der Waals surface area contributed by atoms with Crippen LogP contribution in [0.1, 0.15) is 17.9 Å². The van der Waals surface area contributed by atoms with Gasteiger partial charge in [0.15, 0.2) is 0 Å². The first-order valence-electron chi connectivity index (χ1n) is 10.4. The highest BCUT2D eigenvalue weighted by Gasteiger charge is 2.40. The standard InChI is InChI=1S/C23H25N3O4/c27-22-15-29-21-10-11-25(14-20(21)24-22)23(28)26-12-17(13-26)16-6-8-19(9-7-16)30-18-4-2-1-3-5-18/h1-9,17,20-21H,10-15H2,(H,24,27)/t20-,21-/m0/s1. The van der Waals surface area contributed by atoms with Gasteiger partial charge >= 0.3 is 6.03 Å². The molecular formula is C23H25N3O4. The van der Waals surface area contributed by atoms with Crippen molar-refractivity contribution in [2.24, 2.45) is 0 Å². The summed E-state index contributed by atoms with van der Waals surface area (Å²) < 4.78 is 11.4. The normalized spacial score (nSPS) is 23.9. The number of carbonyl (C=O) groups is 2. The van der Waals surface area contributed by atoms with E-state index in [9.17, 15) is 9.59 Å². The van der Waals surface area contributed by atoms with Crippen molar-refractivity contribution >= 4 is 11.9 Å². The molecule has 7 nitrogen and oxygen atoms in total. The third-order valence-corrected chi connectivity index (χ3v) is 6.08. The van der Waals surface area contributed by atoms with E-state index in [4.69, 9.17) is 9.47 Å². The number of fused-ring (bicyclic) bond motifs is 1. The van der Waals surface area contributed by atoms with Crippen molar-refractivity contribution in [3.8, 4) is 11.5 Å². The molecule has 3 aliphatic heterocycles. The Kier molecular flexibility index (Phi) is 5.04. The van der Waals surface area contributed by atoms with E-state index in [1.54, 1.807) is 0 Å². The first-order valence-corrected chi connectivity index (χ1v) is 10.4. The molecule has 3 heterocycles. The van der Waals surface area contributed by atoms with Crippen molar-refractivity contribution in [2.75, 3.05) is 32.8 Å². The van der Waals surface area contributed by atoms with Gasteiger partial charge in [0, 0.05) is 32.1 Å². The van der Waals surface area contributed by atoms with E-state index in [1.807, 2.05) is 52.3 Å². The third kappa shape index (κ3) is 3.85. The lowest BCUT2D eigenvalue weighted by Crippen LogP contribution is -2.63. The van der Waals surface area contributed by atoms with Gasteiger partial charge in [0.25, 0.3) is 0 Å². The molecule has 5 rings (SSSR count). The van der Waals surface area contributed by atoms with Gasteiger partial charge in [-0.2, -0.15) is 0 Å². The number of urea groups is 1.